The van der Waals surface area contributed by atoms with Gasteiger partial charge >= 0.3 is 6.03 Å². The van der Waals surface area contributed by atoms with E-state index >= 15 is 0 Å². The second-order valence-corrected chi connectivity index (χ2v) is 10.3. The lowest BCUT2D eigenvalue weighted by Gasteiger charge is -2.33. The summed E-state index contributed by atoms with van der Waals surface area (Å²) < 4.78 is 23.8. The minimum atomic E-state index is -3.08. The number of hydrogen-bond donors (Lipinski definition) is 3. The highest BCUT2D eigenvalue weighted by molar-refractivity contribution is 7.91. The minimum absolute atomic E-state index is 0.0273. The monoisotopic (exact) mass is 478 g/mol. The van der Waals surface area contributed by atoms with E-state index in [4.69, 9.17) is 0 Å². The number of carbonyl (C=O) groups is 2. The predicted molar refractivity (Wildman–Crippen MR) is 134 cm³/mol. The average Bonchev–Trinajstić information content (AvgIpc) is 2.82. The van der Waals surface area contributed by atoms with Crippen LogP contribution in [0, 0.1) is 0 Å². The van der Waals surface area contributed by atoms with Crippen molar-refractivity contribution in [2.45, 2.75) is 6.04 Å². The molecule has 1 fully saturated rings. The molecule has 176 valence electrons. The fraction of sp³-hybridized carbons (Fsp3) is 0.200. The SMILES string of the molecule is O=C(Nc1ccccc1)Nc1cccc(NC(=O)C(c2ccccc2)N2CCS(=O)(=O)CC2)c1. The van der Waals surface area contributed by atoms with E-state index in [0.29, 0.717) is 17.1 Å². The fourth-order valence-corrected chi connectivity index (χ4v) is 5.08. The quantitative estimate of drug-likeness (QED) is 0.500. The molecule has 1 saturated heterocycles. The van der Waals surface area contributed by atoms with Gasteiger partial charge in [0.2, 0.25) is 5.91 Å². The van der Waals surface area contributed by atoms with Crippen LogP contribution in [0.4, 0.5) is 21.9 Å². The van der Waals surface area contributed by atoms with Gasteiger partial charge in [-0.05, 0) is 35.9 Å². The second kappa shape index (κ2) is 10.5. The highest BCUT2D eigenvalue weighted by atomic mass is 32.2. The van der Waals surface area contributed by atoms with E-state index in [1.807, 2.05) is 53.4 Å². The molecule has 1 aliphatic heterocycles. The molecule has 0 bridgehead atoms. The number of hydrogen-bond acceptors (Lipinski definition) is 5. The van der Waals surface area contributed by atoms with Crippen molar-refractivity contribution >= 4 is 38.8 Å². The summed E-state index contributed by atoms with van der Waals surface area (Å²) in [6.45, 7) is 0.577. The van der Waals surface area contributed by atoms with Crippen molar-refractivity contribution in [1.29, 1.82) is 0 Å². The van der Waals surface area contributed by atoms with Crippen LogP contribution in [0.2, 0.25) is 0 Å². The van der Waals surface area contributed by atoms with Gasteiger partial charge in [-0.2, -0.15) is 0 Å². The molecule has 1 atom stereocenters. The number of benzene rings is 3. The van der Waals surface area contributed by atoms with Crippen LogP contribution in [0.3, 0.4) is 0 Å². The summed E-state index contributed by atoms with van der Waals surface area (Å²) in [4.78, 5) is 27.5. The summed E-state index contributed by atoms with van der Waals surface area (Å²) in [5, 5.41) is 8.43. The van der Waals surface area contributed by atoms with Crippen molar-refractivity contribution in [1.82, 2.24) is 4.90 Å². The van der Waals surface area contributed by atoms with Gasteiger partial charge in [-0.15, -0.1) is 0 Å². The van der Waals surface area contributed by atoms with Gasteiger partial charge in [0.05, 0.1) is 11.5 Å². The van der Waals surface area contributed by atoms with Gasteiger partial charge < -0.3 is 16.0 Å². The van der Waals surface area contributed by atoms with Crippen LogP contribution >= 0.6 is 0 Å². The Morgan fingerprint density at radius 2 is 1.24 bits per heavy atom. The van der Waals surface area contributed by atoms with Crippen LogP contribution in [0.5, 0.6) is 0 Å². The predicted octanol–water partition coefficient (Wildman–Crippen LogP) is 3.74. The molecule has 3 N–H and O–H groups in total. The molecule has 34 heavy (non-hydrogen) atoms. The van der Waals surface area contributed by atoms with Gasteiger partial charge in [-0.25, -0.2) is 13.2 Å². The number of urea groups is 1. The summed E-state index contributed by atoms with van der Waals surface area (Å²) in [7, 11) is -3.08. The van der Waals surface area contributed by atoms with E-state index in [2.05, 4.69) is 16.0 Å². The number of nitrogens with zero attached hydrogens (tertiary/aromatic N) is 1. The van der Waals surface area contributed by atoms with Crippen molar-refractivity contribution in [2.75, 3.05) is 40.5 Å². The molecule has 3 aromatic carbocycles. The summed E-state index contributed by atoms with van der Waals surface area (Å²) >= 11 is 0. The van der Waals surface area contributed by atoms with E-state index < -0.39 is 21.9 Å². The smallest absolute Gasteiger partial charge is 0.323 e. The Hall–Kier alpha value is -3.69. The average molecular weight is 479 g/mol. The normalized spacial score (nSPS) is 16.2. The Kier molecular flexibility index (Phi) is 7.24. The van der Waals surface area contributed by atoms with E-state index in [-0.39, 0.29) is 30.5 Å². The first-order chi connectivity index (χ1) is 16.4. The molecular formula is C25H26N4O4S. The van der Waals surface area contributed by atoms with Gasteiger partial charge in [0.25, 0.3) is 0 Å². The van der Waals surface area contributed by atoms with Crippen LogP contribution in [0.1, 0.15) is 11.6 Å². The molecule has 9 heteroatoms. The number of nitrogens with one attached hydrogen (secondary N) is 3. The Morgan fingerprint density at radius 1 is 0.706 bits per heavy atom. The van der Waals surface area contributed by atoms with Gasteiger partial charge in [-0.3, -0.25) is 9.69 Å². The van der Waals surface area contributed by atoms with Gasteiger partial charge in [0.1, 0.15) is 6.04 Å². The Labute approximate surface area is 198 Å². The summed E-state index contributed by atoms with van der Waals surface area (Å²) in [5.41, 5.74) is 2.49. The summed E-state index contributed by atoms with van der Waals surface area (Å²) in [5.74, 6) is -0.213. The zero-order valence-electron chi connectivity index (χ0n) is 18.5. The van der Waals surface area contributed by atoms with Gasteiger partial charge in [0, 0.05) is 30.2 Å². The summed E-state index contributed by atoms with van der Waals surface area (Å²) in [6, 6.07) is 24.2. The molecule has 0 radical (unpaired) electrons. The molecule has 0 aliphatic carbocycles. The fourth-order valence-electron chi connectivity index (χ4n) is 3.85. The Morgan fingerprint density at radius 3 is 1.88 bits per heavy atom. The van der Waals surface area contributed by atoms with Crippen LogP contribution < -0.4 is 16.0 Å². The summed E-state index contributed by atoms with van der Waals surface area (Å²) in [6.07, 6.45) is 0. The first-order valence-corrected chi connectivity index (χ1v) is 12.8. The van der Waals surface area contributed by atoms with Crippen LogP contribution in [-0.4, -0.2) is 49.9 Å². The third-order valence-electron chi connectivity index (χ3n) is 5.53. The number of carbonyl (C=O) groups excluding carboxylic acids is 2. The van der Waals surface area contributed by atoms with Crippen LogP contribution in [-0.2, 0) is 14.6 Å². The number of sulfone groups is 1. The highest BCUT2D eigenvalue weighted by Crippen LogP contribution is 2.25. The number of para-hydroxylation sites is 1. The third kappa shape index (κ3) is 6.21. The molecule has 8 nitrogen and oxygen atoms in total. The molecule has 0 spiro atoms. The Bertz CT molecular complexity index is 1240. The molecular weight excluding hydrogens is 452 g/mol. The van der Waals surface area contributed by atoms with E-state index in [1.54, 1.807) is 36.4 Å². The third-order valence-corrected chi connectivity index (χ3v) is 7.14. The van der Waals surface area contributed by atoms with Crippen molar-refractivity contribution in [2.24, 2.45) is 0 Å². The van der Waals surface area contributed by atoms with E-state index in [0.717, 1.165) is 5.56 Å². The second-order valence-electron chi connectivity index (χ2n) is 8.02. The van der Waals surface area contributed by atoms with Crippen molar-refractivity contribution in [3.8, 4) is 0 Å². The first-order valence-electron chi connectivity index (χ1n) is 10.9. The van der Waals surface area contributed by atoms with E-state index in [9.17, 15) is 18.0 Å². The van der Waals surface area contributed by atoms with E-state index in [1.165, 1.54) is 0 Å². The molecule has 3 aromatic rings. The zero-order chi connectivity index (χ0) is 24.0. The lowest BCUT2D eigenvalue weighted by molar-refractivity contribution is -0.121. The number of anilines is 3. The topological polar surface area (TPSA) is 108 Å². The standard InChI is InChI=1S/C25H26N4O4S/c30-24(23(19-8-3-1-4-9-19)29-14-16-34(32,33)17-15-29)26-21-12-7-13-22(18-21)28-25(31)27-20-10-5-2-6-11-20/h1-13,18,23H,14-17H2,(H,26,30)(H2,27,28,31). The molecule has 1 aliphatic rings. The Balaban J connectivity index is 1.47. The molecule has 3 amide bonds. The number of amides is 3. The molecule has 1 unspecified atom stereocenters. The van der Waals surface area contributed by atoms with Crippen molar-refractivity contribution in [3.63, 3.8) is 0 Å². The molecule has 4 rings (SSSR count). The van der Waals surface area contributed by atoms with Crippen molar-refractivity contribution in [3.05, 3.63) is 90.5 Å². The molecule has 1 heterocycles. The van der Waals surface area contributed by atoms with Gasteiger partial charge in [0.15, 0.2) is 9.84 Å². The van der Waals surface area contributed by atoms with Crippen molar-refractivity contribution < 1.29 is 18.0 Å². The van der Waals surface area contributed by atoms with Crippen LogP contribution in [0.15, 0.2) is 84.9 Å². The number of rotatable bonds is 6. The molecule has 0 saturated carbocycles. The zero-order valence-corrected chi connectivity index (χ0v) is 19.3. The maximum atomic E-state index is 13.3. The maximum Gasteiger partial charge on any atom is 0.323 e. The highest BCUT2D eigenvalue weighted by Gasteiger charge is 2.32. The van der Waals surface area contributed by atoms with Gasteiger partial charge in [-0.1, -0.05) is 54.6 Å². The molecule has 0 aromatic heterocycles. The maximum absolute atomic E-state index is 13.3. The van der Waals surface area contributed by atoms with Crippen LogP contribution in [0.25, 0.3) is 0 Å². The first kappa shape index (κ1) is 23.5. The minimum Gasteiger partial charge on any atom is -0.324 e. The lowest BCUT2D eigenvalue weighted by Crippen LogP contribution is -2.46. The largest absolute Gasteiger partial charge is 0.324 e. The lowest BCUT2D eigenvalue weighted by atomic mass is 10.0.